The molecule has 0 bridgehead atoms. The topological polar surface area (TPSA) is 139 Å². The highest BCUT2D eigenvalue weighted by Crippen LogP contribution is 2.44. The van der Waals surface area contributed by atoms with E-state index in [-0.39, 0.29) is 11.6 Å². The van der Waals surface area contributed by atoms with Gasteiger partial charge in [-0.3, -0.25) is 4.68 Å². The van der Waals surface area contributed by atoms with Gasteiger partial charge in [0.1, 0.15) is 5.65 Å². The minimum atomic E-state index is -0.950. The first-order valence-electron chi connectivity index (χ1n) is 12.1. The highest BCUT2D eigenvalue weighted by molar-refractivity contribution is 9.10. The zero-order chi connectivity index (χ0) is 25.2. The van der Waals surface area contributed by atoms with Gasteiger partial charge in [-0.05, 0) is 52.6 Å². The third-order valence-corrected chi connectivity index (χ3v) is 7.57. The predicted molar refractivity (Wildman–Crippen MR) is 144 cm³/mol. The highest BCUT2D eigenvalue weighted by Gasteiger charge is 2.38. The van der Waals surface area contributed by atoms with Crippen molar-refractivity contribution in [2.75, 3.05) is 23.7 Å². The van der Waals surface area contributed by atoms with Crippen LogP contribution in [0.2, 0.25) is 0 Å². The summed E-state index contributed by atoms with van der Waals surface area (Å²) in [7, 11) is 0. The van der Waals surface area contributed by atoms with Crippen molar-refractivity contribution in [3.63, 3.8) is 0 Å². The number of fused-ring (bicyclic) bond motifs is 1. The molecule has 2 fully saturated rings. The van der Waals surface area contributed by atoms with Crippen LogP contribution in [0.4, 0.5) is 11.4 Å². The van der Waals surface area contributed by atoms with Gasteiger partial charge in [-0.1, -0.05) is 30.3 Å². The van der Waals surface area contributed by atoms with Crippen molar-refractivity contribution in [3.05, 3.63) is 70.7 Å². The van der Waals surface area contributed by atoms with Crippen LogP contribution in [-0.4, -0.2) is 50.0 Å². The summed E-state index contributed by atoms with van der Waals surface area (Å²) >= 11 is 3.63. The molecule has 0 amide bonds. The molecule has 9 nitrogen and oxygen atoms in total. The van der Waals surface area contributed by atoms with Crippen molar-refractivity contribution in [1.29, 1.82) is 0 Å². The number of carboxylic acid groups (broad SMARTS) is 1. The number of piperidine rings is 1. The maximum atomic E-state index is 10.6. The van der Waals surface area contributed by atoms with E-state index >= 15 is 0 Å². The molecular formula is C26H30BrN7O2. The van der Waals surface area contributed by atoms with Gasteiger partial charge in [0.05, 0.1) is 39.5 Å². The van der Waals surface area contributed by atoms with Gasteiger partial charge in [0, 0.05) is 37.7 Å². The molecule has 4 heterocycles. The number of hydrogen-bond acceptors (Lipinski definition) is 6. The molecule has 10 heteroatoms. The van der Waals surface area contributed by atoms with Crippen LogP contribution in [0.5, 0.6) is 0 Å². The van der Waals surface area contributed by atoms with Gasteiger partial charge < -0.3 is 26.5 Å². The van der Waals surface area contributed by atoms with Crippen molar-refractivity contribution in [1.82, 2.24) is 19.7 Å². The Morgan fingerprint density at radius 2 is 1.97 bits per heavy atom. The normalized spacial score (nSPS) is 19.7. The first kappa shape index (κ1) is 24.3. The van der Waals surface area contributed by atoms with E-state index in [1.807, 2.05) is 42.7 Å². The van der Waals surface area contributed by atoms with Gasteiger partial charge in [-0.2, -0.15) is 5.10 Å². The van der Waals surface area contributed by atoms with Gasteiger partial charge in [0.2, 0.25) is 0 Å². The Balaban J connectivity index is 0.000000157. The second-order valence-electron chi connectivity index (χ2n) is 9.54. The minimum Gasteiger partial charge on any atom is -0.478 e. The molecule has 4 aromatic rings. The number of aromatic amines is 1. The highest BCUT2D eigenvalue weighted by atomic mass is 79.9. The largest absolute Gasteiger partial charge is 0.478 e. The summed E-state index contributed by atoms with van der Waals surface area (Å²) in [5.74, 6) is 0.621. The van der Waals surface area contributed by atoms with Crippen LogP contribution in [0.25, 0.3) is 11.0 Å². The number of nitrogen functional groups attached to an aromatic ring is 1. The second kappa shape index (κ2) is 10.3. The lowest BCUT2D eigenvalue weighted by atomic mass is 9.87. The lowest BCUT2D eigenvalue weighted by Gasteiger charge is -2.39. The average molecular weight is 552 g/mol. The van der Waals surface area contributed by atoms with Gasteiger partial charge in [-0.15, -0.1) is 0 Å². The van der Waals surface area contributed by atoms with Crippen molar-refractivity contribution >= 4 is 44.3 Å². The molecule has 2 aliphatic rings. The number of nitrogens with two attached hydrogens (primary N) is 2. The maximum absolute atomic E-state index is 10.6. The number of nitrogens with one attached hydrogen (secondary N) is 1. The zero-order valence-corrected chi connectivity index (χ0v) is 21.4. The summed E-state index contributed by atoms with van der Waals surface area (Å²) in [4.78, 5) is 20.5. The van der Waals surface area contributed by atoms with Crippen LogP contribution < -0.4 is 16.4 Å². The summed E-state index contributed by atoms with van der Waals surface area (Å²) in [5, 5.41) is 13.7. The van der Waals surface area contributed by atoms with Crippen LogP contribution in [0.1, 0.15) is 35.2 Å². The molecule has 6 rings (SSSR count). The second-order valence-corrected chi connectivity index (χ2v) is 10.4. The SMILES string of the molecule is Nc1c[nH]c2ncc(Br)c(N3CC[C@H](C4CC4)[C@@H](N)C3)c12.O=C(O)c1cnn(Cc2ccccc2)c1. The van der Waals surface area contributed by atoms with E-state index < -0.39 is 5.97 Å². The number of benzene rings is 1. The van der Waals surface area contributed by atoms with Crippen molar-refractivity contribution in [2.24, 2.45) is 17.6 Å². The van der Waals surface area contributed by atoms with Crippen LogP contribution in [0.3, 0.4) is 0 Å². The van der Waals surface area contributed by atoms with E-state index in [1.54, 1.807) is 4.68 Å². The Kier molecular flexibility index (Phi) is 6.97. The number of nitrogens with zero attached hydrogens (tertiary/aromatic N) is 4. The summed E-state index contributed by atoms with van der Waals surface area (Å²) in [5.41, 5.74) is 16.6. The quantitative estimate of drug-likeness (QED) is 0.292. The molecule has 1 aliphatic carbocycles. The maximum Gasteiger partial charge on any atom is 0.338 e. The third-order valence-electron chi connectivity index (χ3n) is 6.98. The first-order valence-corrected chi connectivity index (χ1v) is 12.9. The Hall–Kier alpha value is -3.37. The third kappa shape index (κ3) is 5.24. The molecule has 0 radical (unpaired) electrons. The fourth-order valence-electron chi connectivity index (χ4n) is 5.03. The number of aromatic carboxylic acids is 1. The molecule has 6 N–H and O–H groups in total. The summed E-state index contributed by atoms with van der Waals surface area (Å²) < 4.78 is 2.59. The monoisotopic (exact) mass is 551 g/mol. The Labute approximate surface area is 217 Å². The summed E-state index contributed by atoms with van der Waals surface area (Å²) in [6.07, 6.45) is 10.4. The molecule has 1 aliphatic heterocycles. The number of H-pyrrole nitrogens is 1. The van der Waals surface area contributed by atoms with Crippen LogP contribution in [-0.2, 0) is 6.54 Å². The molecule has 2 atom stereocenters. The van der Waals surface area contributed by atoms with Crippen molar-refractivity contribution in [3.8, 4) is 0 Å². The van der Waals surface area contributed by atoms with Crippen molar-refractivity contribution in [2.45, 2.75) is 31.8 Å². The number of rotatable bonds is 5. The molecule has 3 aromatic heterocycles. The Bertz CT molecular complexity index is 1350. The van der Waals surface area contributed by atoms with Gasteiger partial charge in [0.15, 0.2) is 0 Å². The van der Waals surface area contributed by atoms with Crippen LogP contribution >= 0.6 is 15.9 Å². The molecule has 36 heavy (non-hydrogen) atoms. The van der Waals surface area contributed by atoms with E-state index in [1.165, 1.54) is 31.7 Å². The van der Waals surface area contributed by atoms with E-state index in [0.29, 0.717) is 12.5 Å². The van der Waals surface area contributed by atoms with Crippen molar-refractivity contribution < 1.29 is 9.90 Å². The molecular weight excluding hydrogens is 522 g/mol. The number of carboxylic acids is 1. The number of anilines is 2. The lowest BCUT2D eigenvalue weighted by Crippen LogP contribution is -2.49. The fraction of sp³-hybridized carbons (Fsp3) is 0.346. The van der Waals surface area contributed by atoms with Crippen LogP contribution in [0, 0.1) is 11.8 Å². The standard InChI is InChI=1S/C15H20BrN5.C11H10N2O2/c16-10-5-19-15-13(11(17)6-20-15)14(10)21-4-3-9(8-1-2-8)12(18)7-21;14-11(15)10-6-12-13(8-10)7-9-4-2-1-3-5-9/h5-6,8-9,12H,1-4,7,17-18H2,(H,19,20);1-6,8H,7H2,(H,14,15)/t9-,12+;/m1./s1. The fourth-order valence-corrected chi connectivity index (χ4v) is 5.58. The first-order chi connectivity index (χ1) is 17.4. The number of carbonyl (C=O) groups is 1. The Morgan fingerprint density at radius 1 is 1.19 bits per heavy atom. The molecule has 1 saturated carbocycles. The number of halogens is 1. The molecule has 0 spiro atoms. The number of hydrogen-bond donors (Lipinski definition) is 4. The van der Waals surface area contributed by atoms with Gasteiger partial charge in [-0.25, -0.2) is 9.78 Å². The smallest absolute Gasteiger partial charge is 0.338 e. The van der Waals surface area contributed by atoms with E-state index in [2.05, 4.69) is 35.9 Å². The lowest BCUT2D eigenvalue weighted by molar-refractivity contribution is 0.0696. The Morgan fingerprint density at radius 3 is 2.64 bits per heavy atom. The average Bonchev–Trinajstić information content (AvgIpc) is 3.49. The molecule has 188 valence electrons. The van der Waals surface area contributed by atoms with Gasteiger partial charge in [0.25, 0.3) is 0 Å². The molecule has 1 saturated heterocycles. The number of pyridine rings is 1. The van der Waals surface area contributed by atoms with Gasteiger partial charge >= 0.3 is 5.97 Å². The summed E-state index contributed by atoms with van der Waals surface area (Å²) in [6.45, 7) is 2.52. The van der Waals surface area contributed by atoms with Crippen LogP contribution in [0.15, 0.2) is 59.6 Å². The zero-order valence-electron chi connectivity index (χ0n) is 19.8. The summed E-state index contributed by atoms with van der Waals surface area (Å²) in [6, 6.07) is 10.0. The minimum absolute atomic E-state index is 0.214. The van der Waals surface area contributed by atoms with E-state index in [4.69, 9.17) is 16.6 Å². The molecule has 1 aromatic carbocycles. The van der Waals surface area contributed by atoms with E-state index in [9.17, 15) is 4.79 Å². The number of aromatic nitrogens is 4. The molecule has 0 unspecified atom stereocenters. The predicted octanol–water partition coefficient (Wildman–Crippen LogP) is 4.10. The van der Waals surface area contributed by atoms with E-state index in [0.717, 1.165) is 51.5 Å².